The molecule has 0 saturated heterocycles. The second kappa shape index (κ2) is 14.1. The summed E-state index contributed by atoms with van der Waals surface area (Å²) in [5, 5.41) is 16.3. The summed E-state index contributed by atoms with van der Waals surface area (Å²) in [6, 6.07) is 6.79. The molecule has 1 saturated carbocycles. The van der Waals surface area contributed by atoms with Gasteiger partial charge >= 0.3 is 0 Å². The zero-order valence-electron chi connectivity index (χ0n) is 20.8. The zero-order chi connectivity index (χ0) is 25.0. The largest absolute Gasteiger partial charge is 0.382 e. The van der Waals surface area contributed by atoms with Crippen LogP contribution < -0.4 is 5.32 Å². The van der Waals surface area contributed by atoms with Crippen LogP contribution in [0.1, 0.15) is 65.2 Å². The summed E-state index contributed by atoms with van der Waals surface area (Å²) in [5.74, 6) is 0.145. The van der Waals surface area contributed by atoms with E-state index in [4.69, 9.17) is 16.3 Å². The molecule has 1 atom stereocenters. The van der Waals surface area contributed by atoms with Crippen LogP contribution in [-0.4, -0.2) is 68.8 Å². The molecule has 0 spiro atoms. The first kappa shape index (κ1) is 27.1. The van der Waals surface area contributed by atoms with Crippen LogP contribution in [0, 0.1) is 0 Å². The second-order valence-corrected chi connectivity index (χ2v) is 9.37. The summed E-state index contributed by atoms with van der Waals surface area (Å²) in [6.07, 6.45) is 7.35. The molecule has 1 fully saturated rings. The molecule has 0 radical (unpaired) electrons. The lowest BCUT2D eigenvalue weighted by Gasteiger charge is -2.32. The molecule has 1 heterocycles. The molecule has 1 aliphatic rings. The lowest BCUT2D eigenvalue weighted by molar-refractivity contribution is -0.142. The van der Waals surface area contributed by atoms with Crippen molar-refractivity contribution in [2.24, 2.45) is 0 Å². The normalized spacial score (nSPS) is 14.7. The van der Waals surface area contributed by atoms with Crippen LogP contribution in [0.5, 0.6) is 0 Å². The molecule has 192 valence electrons. The van der Waals surface area contributed by atoms with E-state index in [1.807, 2.05) is 6.92 Å². The van der Waals surface area contributed by atoms with E-state index in [1.54, 1.807) is 29.2 Å². The van der Waals surface area contributed by atoms with Crippen molar-refractivity contribution in [1.82, 2.24) is 30.4 Å². The number of tetrazole rings is 1. The van der Waals surface area contributed by atoms with E-state index in [1.165, 1.54) is 4.80 Å². The fourth-order valence-corrected chi connectivity index (χ4v) is 4.49. The van der Waals surface area contributed by atoms with E-state index in [0.29, 0.717) is 43.4 Å². The summed E-state index contributed by atoms with van der Waals surface area (Å²) < 4.78 is 5.48. The van der Waals surface area contributed by atoms with Gasteiger partial charge in [0.1, 0.15) is 12.6 Å². The highest BCUT2D eigenvalue weighted by Crippen LogP contribution is 2.20. The number of nitrogens with one attached hydrogen (secondary N) is 1. The van der Waals surface area contributed by atoms with Crippen molar-refractivity contribution in [2.45, 2.75) is 83.8 Å². The van der Waals surface area contributed by atoms with Crippen molar-refractivity contribution < 1.29 is 14.3 Å². The van der Waals surface area contributed by atoms with Crippen LogP contribution >= 0.6 is 11.6 Å². The van der Waals surface area contributed by atoms with Crippen molar-refractivity contribution in [3.8, 4) is 11.4 Å². The van der Waals surface area contributed by atoms with E-state index >= 15 is 0 Å². The van der Waals surface area contributed by atoms with Crippen molar-refractivity contribution >= 4 is 23.4 Å². The SMILES string of the molecule is CCCC[C@@H](C(=O)NC1CCCC1)N(CCCOCC)C(=O)Cn1nnc(-c2ccc(Cl)cc2)n1. The van der Waals surface area contributed by atoms with Crippen LogP contribution in [0.2, 0.25) is 5.02 Å². The van der Waals surface area contributed by atoms with Gasteiger partial charge in [-0.2, -0.15) is 4.80 Å². The van der Waals surface area contributed by atoms with Gasteiger partial charge in [0.15, 0.2) is 0 Å². The molecule has 1 N–H and O–H groups in total. The smallest absolute Gasteiger partial charge is 0.246 e. The number of halogens is 1. The Morgan fingerprint density at radius 1 is 1.20 bits per heavy atom. The minimum absolute atomic E-state index is 0.0662. The van der Waals surface area contributed by atoms with Gasteiger partial charge in [-0.15, -0.1) is 10.2 Å². The predicted molar refractivity (Wildman–Crippen MR) is 135 cm³/mol. The molecule has 2 aromatic rings. The van der Waals surface area contributed by atoms with Crippen molar-refractivity contribution in [3.05, 3.63) is 29.3 Å². The second-order valence-electron chi connectivity index (χ2n) is 8.94. The first-order valence-electron chi connectivity index (χ1n) is 12.7. The Kier molecular flexibility index (Phi) is 10.9. The van der Waals surface area contributed by atoms with Gasteiger partial charge in [0.2, 0.25) is 17.6 Å². The zero-order valence-corrected chi connectivity index (χ0v) is 21.5. The molecule has 1 aliphatic carbocycles. The predicted octanol–water partition coefficient (Wildman–Crippen LogP) is 3.87. The molecular formula is C25H37ClN6O3. The standard InChI is InChI=1S/C25H37ClN6O3/c1-3-5-11-22(25(34)27-21-9-6-7-10-21)31(16-8-17-35-4-2)23(33)18-32-29-24(28-30-32)19-12-14-20(26)15-13-19/h12-15,21-22H,3-11,16-18H2,1-2H3,(H,27,34)/t22-/m0/s1. The molecule has 0 unspecified atom stereocenters. The number of nitrogens with zero attached hydrogens (tertiary/aromatic N) is 5. The van der Waals surface area contributed by atoms with Gasteiger partial charge in [-0.25, -0.2) is 0 Å². The fourth-order valence-electron chi connectivity index (χ4n) is 4.37. The molecule has 1 aromatic carbocycles. The highest BCUT2D eigenvalue weighted by Gasteiger charge is 2.31. The number of hydrogen-bond donors (Lipinski definition) is 1. The van der Waals surface area contributed by atoms with E-state index in [9.17, 15) is 9.59 Å². The lowest BCUT2D eigenvalue weighted by Crippen LogP contribution is -2.52. The van der Waals surface area contributed by atoms with Crippen molar-refractivity contribution in [1.29, 1.82) is 0 Å². The summed E-state index contributed by atoms with van der Waals surface area (Å²) in [7, 11) is 0. The minimum Gasteiger partial charge on any atom is -0.382 e. The van der Waals surface area contributed by atoms with E-state index in [2.05, 4.69) is 27.7 Å². The molecule has 35 heavy (non-hydrogen) atoms. The average molecular weight is 505 g/mol. The van der Waals surface area contributed by atoms with Crippen LogP contribution in [-0.2, 0) is 20.9 Å². The Morgan fingerprint density at radius 2 is 1.94 bits per heavy atom. The summed E-state index contributed by atoms with van der Waals surface area (Å²) in [4.78, 5) is 29.8. The number of carbonyl (C=O) groups is 2. The molecule has 3 rings (SSSR count). The molecular weight excluding hydrogens is 468 g/mol. The Morgan fingerprint density at radius 3 is 2.63 bits per heavy atom. The Hall–Kier alpha value is -2.52. The number of carbonyl (C=O) groups excluding carboxylic acids is 2. The first-order chi connectivity index (χ1) is 17.0. The molecule has 9 nitrogen and oxygen atoms in total. The number of aromatic nitrogens is 4. The Balaban J connectivity index is 1.74. The van der Waals surface area contributed by atoms with E-state index in [-0.39, 0.29) is 24.4 Å². The average Bonchev–Trinajstić information content (AvgIpc) is 3.53. The first-order valence-corrected chi connectivity index (χ1v) is 13.1. The Bertz CT molecular complexity index is 930. The Labute approximate surface area is 212 Å². The van der Waals surface area contributed by atoms with Crippen LogP contribution in [0.25, 0.3) is 11.4 Å². The van der Waals surface area contributed by atoms with Crippen LogP contribution in [0.4, 0.5) is 0 Å². The van der Waals surface area contributed by atoms with Crippen LogP contribution in [0.15, 0.2) is 24.3 Å². The molecule has 10 heteroatoms. The van der Waals surface area contributed by atoms with Gasteiger partial charge in [0.05, 0.1) is 0 Å². The summed E-state index contributed by atoms with van der Waals surface area (Å²) in [6.45, 7) is 5.53. The molecule has 2 amide bonds. The maximum Gasteiger partial charge on any atom is 0.246 e. The van der Waals surface area contributed by atoms with Gasteiger partial charge < -0.3 is 15.0 Å². The van der Waals surface area contributed by atoms with Crippen molar-refractivity contribution in [2.75, 3.05) is 19.8 Å². The monoisotopic (exact) mass is 504 g/mol. The molecule has 1 aromatic heterocycles. The third-order valence-electron chi connectivity index (χ3n) is 6.26. The van der Waals surface area contributed by atoms with Crippen LogP contribution in [0.3, 0.4) is 0 Å². The number of benzene rings is 1. The van der Waals surface area contributed by atoms with Gasteiger partial charge in [0.25, 0.3) is 0 Å². The maximum absolute atomic E-state index is 13.5. The number of hydrogen-bond acceptors (Lipinski definition) is 6. The highest BCUT2D eigenvalue weighted by molar-refractivity contribution is 6.30. The van der Waals surface area contributed by atoms with Gasteiger partial charge in [-0.1, -0.05) is 44.2 Å². The maximum atomic E-state index is 13.5. The highest BCUT2D eigenvalue weighted by atomic mass is 35.5. The topological polar surface area (TPSA) is 102 Å². The van der Waals surface area contributed by atoms with Gasteiger partial charge in [-0.05, 0) is 62.1 Å². The van der Waals surface area contributed by atoms with Gasteiger partial charge in [0, 0.05) is 36.4 Å². The third-order valence-corrected chi connectivity index (χ3v) is 6.51. The minimum atomic E-state index is -0.524. The number of amides is 2. The quantitative estimate of drug-likeness (QED) is 0.392. The van der Waals surface area contributed by atoms with Crippen molar-refractivity contribution in [3.63, 3.8) is 0 Å². The summed E-state index contributed by atoms with van der Waals surface area (Å²) in [5.41, 5.74) is 0.762. The lowest BCUT2D eigenvalue weighted by atomic mass is 10.1. The van der Waals surface area contributed by atoms with Gasteiger partial charge in [-0.3, -0.25) is 9.59 Å². The molecule has 0 aliphatic heterocycles. The summed E-state index contributed by atoms with van der Waals surface area (Å²) >= 11 is 5.96. The number of ether oxygens (including phenoxy) is 1. The fraction of sp³-hybridized carbons (Fsp3) is 0.640. The third kappa shape index (κ3) is 8.28. The van der Waals surface area contributed by atoms with E-state index < -0.39 is 6.04 Å². The number of unbranched alkanes of at least 4 members (excludes halogenated alkanes) is 1. The molecule has 0 bridgehead atoms. The van der Waals surface area contributed by atoms with E-state index in [0.717, 1.165) is 44.1 Å². The number of rotatable bonds is 14.